The Morgan fingerprint density at radius 2 is 2.03 bits per heavy atom. The molecule has 1 fully saturated rings. The van der Waals surface area contributed by atoms with Crippen LogP contribution >= 0.6 is 35.3 Å². The molecule has 0 saturated carbocycles. The van der Waals surface area contributed by atoms with Crippen LogP contribution in [0.4, 0.5) is 10.5 Å². The second-order valence-corrected chi connectivity index (χ2v) is 12.2. The van der Waals surface area contributed by atoms with Crippen LogP contribution in [0, 0.1) is 0 Å². The van der Waals surface area contributed by atoms with Crippen molar-refractivity contribution in [2.75, 3.05) is 38.6 Å². The molecule has 1 N–H and O–H groups in total. The number of benzene rings is 1. The number of carbonyl (C=O) groups excluding carboxylic acids is 1. The SMILES string of the molecule is CN(C)S(=O)(=O)c1ccc2c(c1)CCN2C(=O)NC1CCCN(Cc2ccc(Cl)s2)C1.Cl. The second kappa shape index (κ2) is 10.3. The Bertz CT molecular complexity index is 1070. The van der Waals surface area contributed by atoms with E-state index in [9.17, 15) is 13.2 Å². The van der Waals surface area contributed by atoms with Gasteiger partial charge in [-0.05, 0) is 61.7 Å². The fourth-order valence-corrected chi connectivity index (χ4v) is 6.27. The molecule has 176 valence electrons. The van der Waals surface area contributed by atoms with Crippen LogP contribution in [-0.4, -0.2) is 63.4 Å². The molecule has 4 rings (SSSR count). The maximum Gasteiger partial charge on any atom is 0.322 e. The van der Waals surface area contributed by atoms with E-state index in [0.29, 0.717) is 13.0 Å². The standard InChI is InChI=1S/C21H27ClN4O3S2.ClH/c1-24(2)31(28,29)18-6-7-19-15(12-18)9-11-26(19)21(27)23-16-4-3-10-25(13-16)14-17-5-8-20(22)30-17;/h5-8,12,16H,3-4,9-11,13-14H2,1-2H3,(H,23,27);1H. The van der Waals surface area contributed by atoms with Crippen molar-refractivity contribution in [3.8, 4) is 0 Å². The Hall–Kier alpha value is -1.36. The molecule has 2 amide bonds. The van der Waals surface area contributed by atoms with E-state index in [1.807, 2.05) is 6.07 Å². The molecule has 3 heterocycles. The predicted molar refractivity (Wildman–Crippen MR) is 132 cm³/mol. The second-order valence-electron chi connectivity index (χ2n) is 8.21. The highest BCUT2D eigenvalue weighted by molar-refractivity contribution is 7.89. The molecule has 1 aromatic carbocycles. The molecular weight excluding hydrogens is 491 g/mol. The molecule has 0 bridgehead atoms. The Labute approximate surface area is 204 Å². The first-order chi connectivity index (χ1) is 14.7. The molecule has 0 radical (unpaired) electrons. The average Bonchev–Trinajstić information content (AvgIpc) is 3.33. The molecule has 1 aromatic heterocycles. The normalized spacial score (nSPS) is 19.0. The third kappa shape index (κ3) is 5.40. The third-order valence-corrected chi connectivity index (χ3v) is 8.84. The van der Waals surface area contributed by atoms with Gasteiger partial charge in [-0.2, -0.15) is 0 Å². The lowest BCUT2D eigenvalue weighted by Gasteiger charge is -2.33. The van der Waals surface area contributed by atoms with E-state index in [-0.39, 0.29) is 29.4 Å². The lowest BCUT2D eigenvalue weighted by Crippen LogP contribution is -2.51. The lowest BCUT2D eigenvalue weighted by atomic mass is 10.1. The number of sulfonamides is 1. The summed E-state index contributed by atoms with van der Waals surface area (Å²) in [4.78, 5) is 18.6. The number of carbonyl (C=O) groups is 1. The van der Waals surface area contributed by atoms with E-state index < -0.39 is 10.0 Å². The van der Waals surface area contributed by atoms with Gasteiger partial charge in [0.05, 0.1) is 9.23 Å². The first-order valence-corrected chi connectivity index (χ1v) is 13.0. The number of hydrogen-bond acceptors (Lipinski definition) is 5. The Kier molecular flexibility index (Phi) is 8.11. The molecule has 0 spiro atoms. The third-order valence-electron chi connectivity index (χ3n) is 5.81. The Morgan fingerprint density at radius 1 is 1.25 bits per heavy atom. The van der Waals surface area contributed by atoms with Crippen molar-refractivity contribution in [3.63, 3.8) is 0 Å². The van der Waals surface area contributed by atoms with Crippen LogP contribution in [0.25, 0.3) is 0 Å². The van der Waals surface area contributed by atoms with Crippen LogP contribution < -0.4 is 10.2 Å². The monoisotopic (exact) mass is 518 g/mol. The largest absolute Gasteiger partial charge is 0.334 e. The number of halogens is 2. The molecule has 11 heteroatoms. The molecule has 1 saturated heterocycles. The number of nitrogens with one attached hydrogen (secondary N) is 1. The number of piperidine rings is 1. The van der Waals surface area contributed by atoms with Crippen molar-refractivity contribution in [3.05, 3.63) is 45.1 Å². The minimum Gasteiger partial charge on any atom is -0.334 e. The van der Waals surface area contributed by atoms with Crippen molar-refractivity contribution >= 4 is 57.1 Å². The van der Waals surface area contributed by atoms with Gasteiger partial charge in [-0.3, -0.25) is 9.80 Å². The average molecular weight is 520 g/mol. The van der Waals surface area contributed by atoms with Gasteiger partial charge in [0.2, 0.25) is 10.0 Å². The van der Waals surface area contributed by atoms with Gasteiger partial charge < -0.3 is 5.32 Å². The smallest absolute Gasteiger partial charge is 0.322 e. The number of amides is 2. The minimum atomic E-state index is -3.49. The van der Waals surface area contributed by atoms with Crippen LogP contribution in [0.3, 0.4) is 0 Å². The number of fused-ring (bicyclic) bond motifs is 1. The summed E-state index contributed by atoms with van der Waals surface area (Å²) >= 11 is 7.64. The van der Waals surface area contributed by atoms with Crippen molar-refractivity contribution in [1.82, 2.24) is 14.5 Å². The van der Waals surface area contributed by atoms with Gasteiger partial charge in [0.1, 0.15) is 0 Å². The molecule has 1 atom stereocenters. The van der Waals surface area contributed by atoms with Crippen LogP contribution in [0.1, 0.15) is 23.3 Å². The molecule has 0 aliphatic carbocycles. The van der Waals surface area contributed by atoms with Crippen molar-refractivity contribution < 1.29 is 13.2 Å². The van der Waals surface area contributed by atoms with E-state index >= 15 is 0 Å². The van der Waals surface area contributed by atoms with Crippen molar-refractivity contribution in [2.24, 2.45) is 0 Å². The van der Waals surface area contributed by atoms with Gasteiger partial charge in [-0.15, -0.1) is 23.7 Å². The van der Waals surface area contributed by atoms with E-state index in [0.717, 1.165) is 48.1 Å². The number of hydrogen-bond donors (Lipinski definition) is 1. The molecule has 2 aliphatic heterocycles. The summed E-state index contributed by atoms with van der Waals surface area (Å²) in [5.74, 6) is 0. The summed E-state index contributed by atoms with van der Waals surface area (Å²) in [5, 5.41) is 3.18. The predicted octanol–water partition coefficient (Wildman–Crippen LogP) is 3.81. The van der Waals surface area contributed by atoms with Gasteiger partial charge in [0.25, 0.3) is 0 Å². The summed E-state index contributed by atoms with van der Waals surface area (Å²) in [6.07, 6.45) is 2.63. The van der Waals surface area contributed by atoms with Crippen LogP contribution in [0.15, 0.2) is 35.2 Å². The number of thiophene rings is 1. The van der Waals surface area contributed by atoms with Crippen LogP contribution in [0.2, 0.25) is 4.34 Å². The lowest BCUT2D eigenvalue weighted by molar-refractivity contribution is 0.183. The first kappa shape index (κ1) is 25.3. The highest BCUT2D eigenvalue weighted by atomic mass is 35.5. The van der Waals surface area contributed by atoms with Gasteiger partial charge in [0.15, 0.2) is 0 Å². The summed E-state index contributed by atoms with van der Waals surface area (Å²) in [7, 11) is -0.455. The van der Waals surface area contributed by atoms with E-state index in [1.54, 1.807) is 34.4 Å². The summed E-state index contributed by atoms with van der Waals surface area (Å²) in [6, 6.07) is 8.96. The van der Waals surface area contributed by atoms with E-state index in [4.69, 9.17) is 11.6 Å². The van der Waals surface area contributed by atoms with Gasteiger partial charge >= 0.3 is 6.03 Å². The molecular formula is C21H28Cl2N4O3S2. The minimum absolute atomic E-state index is 0. The Balaban J connectivity index is 0.00000289. The number of urea groups is 1. The van der Waals surface area contributed by atoms with Crippen LogP contribution in [0.5, 0.6) is 0 Å². The maximum atomic E-state index is 13.0. The highest BCUT2D eigenvalue weighted by Gasteiger charge is 2.29. The number of nitrogens with zero attached hydrogens (tertiary/aromatic N) is 3. The van der Waals surface area contributed by atoms with E-state index in [2.05, 4.69) is 16.3 Å². The van der Waals surface area contributed by atoms with Crippen molar-refractivity contribution in [1.29, 1.82) is 0 Å². The molecule has 1 unspecified atom stereocenters. The molecule has 7 nitrogen and oxygen atoms in total. The van der Waals surface area contributed by atoms with Gasteiger partial charge in [-0.25, -0.2) is 17.5 Å². The fourth-order valence-electron chi connectivity index (χ4n) is 4.19. The summed E-state index contributed by atoms with van der Waals surface area (Å²) in [6.45, 7) is 3.22. The van der Waals surface area contributed by atoms with Crippen molar-refractivity contribution in [2.45, 2.75) is 36.7 Å². The van der Waals surface area contributed by atoms with Crippen LogP contribution in [-0.2, 0) is 23.0 Å². The zero-order chi connectivity index (χ0) is 22.2. The molecule has 2 aromatic rings. The fraction of sp³-hybridized carbons (Fsp3) is 0.476. The topological polar surface area (TPSA) is 73.0 Å². The number of anilines is 1. The number of likely N-dealkylation sites (tertiary alicyclic amines) is 1. The zero-order valence-corrected chi connectivity index (χ0v) is 21.3. The van der Waals surface area contributed by atoms with Gasteiger partial charge in [-0.1, -0.05) is 11.6 Å². The quantitative estimate of drug-likeness (QED) is 0.652. The molecule has 32 heavy (non-hydrogen) atoms. The first-order valence-electron chi connectivity index (χ1n) is 10.3. The van der Waals surface area contributed by atoms with Gasteiger partial charge in [0, 0.05) is 50.3 Å². The number of rotatable bonds is 5. The summed E-state index contributed by atoms with van der Waals surface area (Å²) < 4.78 is 26.8. The zero-order valence-electron chi connectivity index (χ0n) is 18.1. The summed E-state index contributed by atoms with van der Waals surface area (Å²) in [5.41, 5.74) is 1.68. The Morgan fingerprint density at radius 3 is 2.72 bits per heavy atom. The highest BCUT2D eigenvalue weighted by Crippen LogP contribution is 2.31. The van der Waals surface area contributed by atoms with E-state index in [1.165, 1.54) is 23.3 Å². The maximum absolute atomic E-state index is 13.0. The molecule has 2 aliphatic rings.